The number of primary amides is 1. The summed E-state index contributed by atoms with van der Waals surface area (Å²) in [5.41, 5.74) is 2.90. The molecule has 3 heterocycles. The first-order chi connectivity index (χ1) is 19.9. The SMILES string of the molecule is CCn1c2c(C(=O)Nc3cccc(C(N)=O)c3F)nc(C(F)F)cc2c(=O)n1-c1ccc(-c2c(C)on(C)c2=O)cc1. The van der Waals surface area contributed by atoms with Gasteiger partial charge in [0.1, 0.15) is 17.0 Å². The standard InChI is InChI=1S/C28H23F3N6O5/c1-4-36-23-17(27(40)37(36)15-10-8-14(9-11-15)20-13(2)42-35(3)28(20)41)12-19(24(30)31)33-22(23)26(39)34-18-7-5-6-16(21(18)29)25(32)38/h5-12,24H,4H2,1-3H3,(H2,32,38)(H,34,39). The van der Waals surface area contributed by atoms with E-state index in [4.69, 9.17) is 10.3 Å². The predicted molar refractivity (Wildman–Crippen MR) is 147 cm³/mol. The van der Waals surface area contributed by atoms with Crippen LogP contribution in [0.4, 0.5) is 18.9 Å². The van der Waals surface area contributed by atoms with Crippen molar-refractivity contribution in [2.24, 2.45) is 12.8 Å². The van der Waals surface area contributed by atoms with Crippen LogP contribution in [0, 0.1) is 12.7 Å². The summed E-state index contributed by atoms with van der Waals surface area (Å²) in [7, 11) is 1.48. The van der Waals surface area contributed by atoms with Crippen LogP contribution in [0.1, 0.15) is 45.6 Å². The van der Waals surface area contributed by atoms with E-state index in [1.807, 2.05) is 0 Å². The number of nitrogens with zero attached hydrogens (tertiary/aromatic N) is 4. The summed E-state index contributed by atoms with van der Waals surface area (Å²) in [4.78, 5) is 54.8. The van der Waals surface area contributed by atoms with Crippen molar-refractivity contribution in [3.63, 3.8) is 0 Å². The maximum absolute atomic E-state index is 14.8. The van der Waals surface area contributed by atoms with Gasteiger partial charge in [-0.05, 0) is 49.7 Å². The van der Waals surface area contributed by atoms with Crippen LogP contribution in [0.25, 0.3) is 27.7 Å². The van der Waals surface area contributed by atoms with Crippen LogP contribution in [0.15, 0.2) is 62.6 Å². The number of hydrogen-bond donors (Lipinski definition) is 2. The summed E-state index contributed by atoms with van der Waals surface area (Å²) in [6, 6.07) is 10.8. The summed E-state index contributed by atoms with van der Waals surface area (Å²) in [6.07, 6.45) is -3.13. The fraction of sp³-hybridized carbons (Fsp3) is 0.179. The van der Waals surface area contributed by atoms with Crippen molar-refractivity contribution in [1.29, 1.82) is 0 Å². The molecule has 14 heteroatoms. The summed E-state index contributed by atoms with van der Waals surface area (Å²) >= 11 is 0. The summed E-state index contributed by atoms with van der Waals surface area (Å²) in [6.45, 7) is 3.41. The Kier molecular flexibility index (Phi) is 7.06. The van der Waals surface area contributed by atoms with Gasteiger partial charge in [0.15, 0.2) is 11.5 Å². The molecular formula is C28H23F3N6O5. The van der Waals surface area contributed by atoms with E-state index in [0.717, 1.165) is 22.9 Å². The van der Waals surface area contributed by atoms with Crippen LogP contribution in [0.2, 0.25) is 0 Å². The summed E-state index contributed by atoms with van der Waals surface area (Å²) in [5.74, 6) is -2.89. The first kappa shape index (κ1) is 28.1. The van der Waals surface area contributed by atoms with Gasteiger partial charge in [0, 0.05) is 13.6 Å². The number of benzene rings is 2. The Labute approximate surface area is 234 Å². The lowest BCUT2D eigenvalue weighted by Crippen LogP contribution is -2.21. The number of rotatable bonds is 7. The topological polar surface area (TPSA) is 147 Å². The van der Waals surface area contributed by atoms with Gasteiger partial charge in [0.25, 0.3) is 29.4 Å². The first-order valence-corrected chi connectivity index (χ1v) is 12.6. The molecule has 0 unspecified atom stereocenters. The second-order valence-corrected chi connectivity index (χ2v) is 9.28. The van der Waals surface area contributed by atoms with Crippen molar-refractivity contribution in [2.45, 2.75) is 26.8 Å². The molecule has 0 saturated carbocycles. The largest absolute Gasteiger partial charge is 0.381 e. The van der Waals surface area contributed by atoms with Gasteiger partial charge in [-0.15, -0.1) is 0 Å². The van der Waals surface area contributed by atoms with Crippen molar-refractivity contribution in [3.8, 4) is 16.8 Å². The van der Waals surface area contributed by atoms with Crippen LogP contribution in [-0.2, 0) is 13.6 Å². The number of hydrogen-bond acceptors (Lipinski definition) is 6. The molecule has 2 aromatic carbocycles. The highest BCUT2D eigenvalue weighted by molar-refractivity contribution is 6.11. The van der Waals surface area contributed by atoms with E-state index in [1.165, 1.54) is 22.5 Å². The lowest BCUT2D eigenvalue weighted by molar-refractivity contribution is 0.0990. The summed E-state index contributed by atoms with van der Waals surface area (Å²) in [5, 5.41) is 2.02. The Bertz CT molecular complexity index is 2000. The third-order valence-electron chi connectivity index (χ3n) is 6.71. The predicted octanol–water partition coefficient (Wildman–Crippen LogP) is 3.90. The second kappa shape index (κ2) is 10.5. The van der Waals surface area contributed by atoms with Crippen molar-refractivity contribution in [3.05, 3.63) is 97.8 Å². The highest BCUT2D eigenvalue weighted by atomic mass is 19.3. The van der Waals surface area contributed by atoms with Gasteiger partial charge in [-0.3, -0.25) is 23.9 Å². The molecule has 0 fully saturated rings. The van der Waals surface area contributed by atoms with Crippen molar-refractivity contribution in [2.75, 3.05) is 5.32 Å². The second-order valence-electron chi connectivity index (χ2n) is 9.28. The molecule has 2 amide bonds. The molecule has 0 atom stereocenters. The highest BCUT2D eigenvalue weighted by Gasteiger charge is 2.26. The Hall–Kier alpha value is -5.40. The van der Waals surface area contributed by atoms with Gasteiger partial charge >= 0.3 is 0 Å². The number of nitrogens with two attached hydrogens (primary N) is 1. The maximum Gasteiger partial charge on any atom is 0.290 e. The minimum absolute atomic E-state index is 0.0699. The Morgan fingerprint density at radius 2 is 1.79 bits per heavy atom. The van der Waals surface area contributed by atoms with Crippen molar-refractivity contribution in [1.82, 2.24) is 19.1 Å². The smallest absolute Gasteiger partial charge is 0.290 e. The zero-order chi connectivity index (χ0) is 30.5. The fourth-order valence-corrected chi connectivity index (χ4v) is 4.83. The van der Waals surface area contributed by atoms with Crippen molar-refractivity contribution < 1.29 is 27.3 Å². The van der Waals surface area contributed by atoms with E-state index in [9.17, 15) is 32.3 Å². The van der Waals surface area contributed by atoms with Crippen LogP contribution in [0.5, 0.6) is 0 Å². The number of aromatic nitrogens is 4. The average Bonchev–Trinajstić information content (AvgIpc) is 3.39. The van der Waals surface area contributed by atoms with E-state index in [0.29, 0.717) is 22.6 Å². The average molecular weight is 581 g/mol. The van der Waals surface area contributed by atoms with Crippen LogP contribution < -0.4 is 22.2 Å². The highest BCUT2D eigenvalue weighted by Crippen LogP contribution is 2.27. The molecule has 3 N–H and O–H groups in total. The minimum Gasteiger partial charge on any atom is -0.381 e. The molecule has 42 heavy (non-hydrogen) atoms. The molecule has 0 spiro atoms. The number of halogens is 3. The van der Waals surface area contributed by atoms with E-state index < -0.39 is 52.3 Å². The van der Waals surface area contributed by atoms with Crippen molar-refractivity contribution >= 4 is 28.4 Å². The van der Waals surface area contributed by atoms with Gasteiger partial charge in [-0.1, -0.05) is 18.2 Å². The number of anilines is 1. The van der Waals surface area contributed by atoms with Crippen LogP contribution in [-0.4, -0.2) is 30.9 Å². The summed E-state index contributed by atoms with van der Waals surface area (Å²) < 4.78 is 51.5. The third kappa shape index (κ3) is 4.56. The fourth-order valence-electron chi connectivity index (χ4n) is 4.83. The van der Waals surface area contributed by atoms with Crippen LogP contribution >= 0.6 is 0 Å². The van der Waals surface area contributed by atoms with E-state index in [-0.39, 0.29) is 23.0 Å². The number of carbonyl (C=O) groups excluding carboxylic acids is 2. The number of pyridine rings is 1. The zero-order valence-corrected chi connectivity index (χ0v) is 22.4. The molecule has 0 radical (unpaired) electrons. The number of fused-ring (bicyclic) bond motifs is 1. The zero-order valence-electron chi connectivity index (χ0n) is 22.4. The number of carbonyl (C=O) groups is 2. The van der Waals surface area contributed by atoms with Gasteiger partial charge in [-0.25, -0.2) is 22.8 Å². The lowest BCUT2D eigenvalue weighted by atomic mass is 10.1. The molecule has 0 aliphatic carbocycles. The molecule has 5 aromatic rings. The van der Waals surface area contributed by atoms with Gasteiger partial charge in [0.05, 0.1) is 27.9 Å². The molecular weight excluding hydrogens is 557 g/mol. The molecule has 5 rings (SSSR count). The molecule has 216 valence electrons. The third-order valence-corrected chi connectivity index (χ3v) is 6.71. The van der Waals surface area contributed by atoms with Gasteiger partial charge in [-0.2, -0.15) is 4.74 Å². The van der Waals surface area contributed by atoms with E-state index in [1.54, 1.807) is 38.1 Å². The molecule has 0 saturated heterocycles. The van der Waals surface area contributed by atoms with Crippen LogP contribution in [0.3, 0.4) is 0 Å². The molecule has 0 aliphatic rings. The Morgan fingerprint density at radius 3 is 2.36 bits per heavy atom. The Morgan fingerprint density at radius 1 is 1.10 bits per heavy atom. The van der Waals surface area contributed by atoms with E-state index in [2.05, 4.69) is 10.3 Å². The maximum atomic E-state index is 14.8. The monoisotopic (exact) mass is 580 g/mol. The molecule has 3 aromatic heterocycles. The number of amides is 2. The lowest BCUT2D eigenvalue weighted by Gasteiger charge is -2.14. The molecule has 11 nitrogen and oxygen atoms in total. The van der Waals surface area contributed by atoms with Gasteiger partial charge < -0.3 is 15.6 Å². The minimum atomic E-state index is -3.13. The van der Waals surface area contributed by atoms with E-state index >= 15 is 0 Å². The quantitative estimate of drug-likeness (QED) is 0.299. The number of nitrogens with one attached hydrogen (secondary N) is 1. The Balaban J connectivity index is 1.67. The number of aryl methyl sites for hydroxylation is 3. The number of alkyl halides is 2. The molecule has 0 bridgehead atoms. The normalized spacial score (nSPS) is 11.4. The molecule has 0 aliphatic heterocycles. The first-order valence-electron chi connectivity index (χ1n) is 12.6. The van der Waals surface area contributed by atoms with Gasteiger partial charge in [0.2, 0.25) is 0 Å².